The van der Waals surface area contributed by atoms with E-state index < -0.39 is 5.60 Å². The minimum atomic E-state index is -0.609. The Hall–Kier alpha value is -0.120. The zero-order valence-electron chi connectivity index (χ0n) is 9.57. The van der Waals surface area contributed by atoms with Gasteiger partial charge in [-0.3, -0.25) is 0 Å². The molecule has 13 heavy (non-hydrogen) atoms. The molecule has 0 bridgehead atoms. The molecule has 0 fully saturated rings. The fourth-order valence-corrected chi connectivity index (χ4v) is 0.920. The van der Waals surface area contributed by atoms with Gasteiger partial charge in [0.2, 0.25) is 0 Å². The highest BCUT2D eigenvalue weighted by Gasteiger charge is 2.11. The Balaban J connectivity index is 3.28. The molecule has 3 nitrogen and oxygen atoms in total. The van der Waals surface area contributed by atoms with Crippen molar-refractivity contribution < 1.29 is 5.11 Å². The summed E-state index contributed by atoms with van der Waals surface area (Å²) in [6.07, 6.45) is 0. The van der Waals surface area contributed by atoms with Crippen LogP contribution >= 0.6 is 0 Å². The summed E-state index contributed by atoms with van der Waals surface area (Å²) in [5, 5.41) is 15.9. The summed E-state index contributed by atoms with van der Waals surface area (Å²) in [6.45, 7) is 12.5. The summed E-state index contributed by atoms with van der Waals surface area (Å²) >= 11 is 0. The molecule has 0 aromatic rings. The molecule has 0 saturated carbocycles. The van der Waals surface area contributed by atoms with E-state index in [0.29, 0.717) is 6.54 Å². The average Bonchev–Trinajstić information content (AvgIpc) is 1.81. The van der Waals surface area contributed by atoms with Gasteiger partial charge in [0.05, 0.1) is 5.60 Å². The molecule has 0 aliphatic heterocycles. The third-order valence-corrected chi connectivity index (χ3v) is 1.51. The van der Waals surface area contributed by atoms with Crippen molar-refractivity contribution in [3.63, 3.8) is 0 Å². The van der Waals surface area contributed by atoms with Gasteiger partial charge in [0.1, 0.15) is 0 Å². The molecule has 0 amide bonds. The highest BCUT2D eigenvalue weighted by atomic mass is 16.3. The van der Waals surface area contributed by atoms with Gasteiger partial charge in [-0.15, -0.1) is 0 Å². The molecule has 0 aromatic heterocycles. The fourth-order valence-electron chi connectivity index (χ4n) is 0.920. The molecule has 0 aliphatic rings. The molecule has 0 atom stereocenters. The lowest BCUT2D eigenvalue weighted by molar-refractivity contribution is 0.0800. The lowest BCUT2D eigenvalue weighted by Crippen LogP contribution is -2.42. The van der Waals surface area contributed by atoms with Crippen LogP contribution in [0.3, 0.4) is 0 Å². The number of rotatable bonds is 5. The second-order valence-corrected chi connectivity index (χ2v) is 5.17. The van der Waals surface area contributed by atoms with Crippen molar-refractivity contribution in [3.05, 3.63) is 0 Å². The Morgan fingerprint density at radius 1 is 1.00 bits per heavy atom. The molecule has 0 unspecified atom stereocenters. The maximum absolute atomic E-state index is 9.39. The van der Waals surface area contributed by atoms with Gasteiger partial charge in [-0.2, -0.15) is 0 Å². The van der Waals surface area contributed by atoms with Crippen LogP contribution in [0.5, 0.6) is 0 Å². The summed E-state index contributed by atoms with van der Waals surface area (Å²) in [4.78, 5) is 0. The molecular formula is C10H24N2O. The van der Waals surface area contributed by atoms with Crippen LogP contribution in [-0.4, -0.2) is 35.9 Å². The lowest BCUT2D eigenvalue weighted by atomic mass is 10.1. The standard InChI is InChI=1S/C10H24N2O/c1-9(2,3)12-7-6-11-8-10(4,5)13/h11-13H,6-8H2,1-5H3. The van der Waals surface area contributed by atoms with Crippen LogP contribution < -0.4 is 10.6 Å². The second kappa shape index (κ2) is 4.94. The zero-order valence-corrected chi connectivity index (χ0v) is 9.57. The maximum atomic E-state index is 9.39. The molecule has 3 N–H and O–H groups in total. The van der Waals surface area contributed by atoms with Gasteiger partial charge in [0.25, 0.3) is 0 Å². The minimum Gasteiger partial charge on any atom is -0.389 e. The van der Waals surface area contributed by atoms with Gasteiger partial charge in [-0.1, -0.05) is 0 Å². The SMILES string of the molecule is CC(C)(O)CNCCNC(C)(C)C. The van der Waals surface area contributed by atoms with Gasteiger partial charge in [0.15, 0.2) is 0 Å². The van der Waals surface area contributed by atoms with E-state index in [1.54, 1.807) is 13.8 Å². The van der Waals surface area contributed by atoms with Crippen molar-refractivity contribution in [2.75, 3.05) is 19.6 Å². The smallest absolute Gasteiger partial charge is 0.0715 e. The first kappa shape index (κ1) is 12.9. The highest BCUT2D eigenvalue weighted by Crippen LogP contribution is 1.98. The van der Waals surface area contributed by atoms with E-state index in [1.807, 2.05) is 0 Å². The normalized spacial score (nSPS) is 13.4. The third kappa shape index (κ3) is 11.9. The second-order valence-electron chi connectivity index (χ2n) is 5.17. The van der Waals surface area contributed by atoms with Gasteiger partial charge in [-0.25, -0.2) is 0 Å². The van der Waals surface area contributed by atoms with Crippen molar-refractivity contribution in [1.82, 2.24) is 10.6 Å². The van der Waals surface area contributed by atoms with Crippen molar-refractivity contribution in [2.45, 2.75) is 45.8 Å². The van der Waals surface area contributed by atoms with E-state index in [2.05, 4.69) is 31.4 Å². The third-order valence-electron chi connectivity index (χ3n) is 1.51. The van der Waals surface area contributed by atoms with E-state index in [9.17, 15) is 5.11 Å². The molecule has 0 spiro atoms. The molecule has 0 aliphatic carbocycles. The number of nitrogens with one attached hydrogen (secondary N) is 2. The Morgan fingerprint density at radius 2 is 1.54 bits per heavy atom. The number of aliphatic hydroxyl groups is 1. The van der Waals surface area contributed by atoms with Crippen molar-refractivity contribution in [1.29, 1.82) is 0 Å². The molecule has 0 rings (SSSR count). The van der Waals surface area contributed by atoms with Crippen LogP contribution in [0.2, 0.25) is 0 Å². The monoisotopic (exact) mass is 188 g/mol. The Labute approximate surface area is 81.9 Å². The van der Waals surface area contributed by atoms with Crippen LogP contribution in [0, 0.1) is 0 Å². The molecule has 0 saturated heterocycles. The minimum absolute atomic E-state index is 0.177. The lowest BCUT2D eigenvalue weighted by Gasteiger charge is -2.22. The largest absolute Gasteiger partial charge is 0.389 e. The first-order valence-corrected chi connectivity index (χ1v) is 4.89. The predicted octanol–water partition coefficient (Wildman–Crippen LogP) is 0.735. The topological polar surface area (TPSA) is 44.3 Å². The predicted molar refractivity (Wildman–Crippen MR) is 56.9 cm³/mol. The quantitative estimate of drug-likeness (QED) is 0.557. The summed E-state index contributed by atoms with van der Waals surface area (Å²) in [5.41, 5.74) is -0.432. The van der Waals surface area contributed by atoms with Crippen LogP contribution in [0.15, 0.2) is 0 Å². The van der Waals surface area contributed by atoms with Gasteiger partial charge in [0, 0.05) is 25.2 Å². The van der Waals surface area contributed by atoms with Crippen LogP contribution in [0.1, 0.15) is 34.6 Å². The fraction of sp³-hybridized carbons (Fsp3) is 1.00. The molecule has 0 aromatic carbocycles. The summed E-state index contributed by atoms with van der Waals surface area (Å²) in [7, 11) is 0. The molecular weight excluding hydrogens is 164 g/mol. The molecule has 3 heteroatoms. The van der Waals surface area contributed by atoms with Gasteiger partial charge in [-0.05, 0) is 34.6 Å². The van der Waals surface area contributed by atoms with Crippen LogP contribution in [-0.2, 0) is 0 Å². The summed E-state index contributed by atoms with van der Waals surface area (Å²) < 4.78 is 0. The summed E-state index contributed by atoms with van der Waals surface area (Å²) in [6, 6.07) is 0. The molecule has 0 heterocycles. The Kier molecular flexibility index (Phi) is 4.89. The first-order valence-electron chi connectivity index (χ1n) is 4.89. The maximum Gasteiger partial charge on any atom is 0.0715 e. The average molecular weight is 188 g/mol. The van der Waals surface area contributed by atoms with E-state index in [4.69, 9.17) is 0 Å². The van der Waals surface area contributed by atoms with Crippen LogP contribution in [0.4, 0.5) is 0 Å². The van der Waals surface area contributed by atoms with Gasteiger partial charge >= 0.3 is 0 Å². The zero-order chi connectivity index (χ0) is 10.5. The Bertz CT molecular complexity index is 117. The van der Waals surface area contributed by atoms with E-state index in [1.165, 1.54) is 0 Å². The Morgan fingerprint density at radius 3 is 1.92 bits per heavy atom. The van der Waals surface area contributed by atoms with Gasteiger partial charge < -0.3 is 15.7 Å². The highest BCUT2D eigenvalue weighted by molar-refractivity contribution is 4.72. The molecule has 80 valence electrons. The van der Waals surface area contributed by atoms with E-state index in [-0.39, 0.29) is 5.54 Å². The first-order chi connectivity index (χ1) is 5.71. The number of hydrogen-bond acceptors (Lipinski definition) is 3. The van der Waals surface area contributed by atoms with Crippen LogP contribution in [0.25, 0.3) is 0 Å². The van der Waals surface area contributed by atoms with Crippen molar-refractivity contribution >= 4 is 0 Å². The van der Waals surface area contributed by atoms with E-state index >= 15 is 0 Å². The van der Waals surface area contributed by atoms with E-state index in [0.717, 1.165) is 13.1 Å². The van der Waals surface area contributed by atoms with Crippen molar-refractivity contribution in [3.8, 4) is 0 Å². The number of hydrogen-bond donors (Lipinski definition) is 3. The molecule has 0 radical (unpaired) electrons. The summed E-state index contributed by atoms with van der Waals surface area (Å²) in [5.74, 6) is 0. The van der Waals surface area contributed by atoms with Crippen molar-refractivity contribution in [2.24, 2.45) is 0 Å².